The molecule has 0 saturated carbocycles. The zero-order chi connectivity index (χ0) is 14.0. The van der Waals surface area contributed by atoms with Gasteiger partial charge in [-0.2, -0.15) is 0 Å². The summed E-state index contributed by atoms with van der Waals surface area (Å²) in [6.07, 6.45) is 0. The van der Waals surface area contributed by atoms with E-state index in [2.05, 4.69) is 5.32 Å². The van der Waals surface area contributed by atoms with E-state index in [1.807, 2.05) is 0 Å². The molecule has 0 spiro atoms. The lowest BCUT2D eigenvalue weighted by molar-refractivity contribution is 0.102. The lowest BCUT2D eigenvalue weighted by Gasteiger charge is -2.08. The number of rotatable bonds is 2. The SMILES string of the molecule is O=C(Nc1ccc(F)cc1F)c1cc(O)ccc1O. The first-order chi connectivity index (χ1) is 8.97. The van der Waals surface area contributed by atoms with Crippen LogP contribution in [0.1, 0.15) is 10.4 Å². The van der Waals surface area contributed by atoms with E-state index in [9.17, 15) is 23.8 Å². The number of halogens is 2. The van der Waals surface area contributed by atoms with Crippen LogP contribution in [0.4, 0.5) is 14.5 Å². The van der Waals surface area contributed by atoms with E-state index >= 15 is 0 Å². The Morgan fingerprint density at radius 1 is 1.05 bits per heavy atom. The van der Waals surface area contributed by atoms with Crippen molar-refractivity contribution in [1.82, 2.24) is 0 Å². The van der Waals surface area contributed by atoms with Gasteiger partial charge in [-0.25, -0.2) is 8.78 Å². The van der Waals surface area contributed by atoms with Crippen molar-refractivity contribution in [3.63, 3.8) is 0 Å². The Morgan fingerprint density at radius 3 is 2.47 bits per heavy atom. The van der Waals surface area contributed by atoms with E-state index in [-0.39, 0.29) is 22.7 Å². The van der Waals surface area contributed by atoms with Crippen LogP contribution in [0.25, 0.3) is 0 Å². The summed E-state index contributed by atoms with van der Waals surface area (Å²) >= 11 is 0. The Balaban J connectivity index is 2.28. The quantitative estimate of drug-likeness (QED) is 0.731. The zero-order valence-corrected chi connectivity index (χ0v) is 9.52. The van der Waals surface area contributed by atoms with Crippen LogP contribution in [-0.4, -0.2) is 16.1 Å². The number of nitrogens with one attached hydrogen (secondary N) is 1. The molecule has 0 saturated heterocycles. The van der Waals surface area contributed by atoms with Crippen molar-refractivity contribution in [2.24, 2.45) is 0 Å². The number of phenolic OH excluding ortho intramolecular Hbond substituents is 2. The number of aromatic hydroxyl groups is 2. The summed E-state index contributed by atoms with van der Waals surface area (Å²) < 4.78 is 26.0. The fourth-order valence-electron chi connectivity index (χ4n) is 1.49. The number of amides is 1. The molecule has 3 N–H and O–H groups in total. The number of carbonyl (C=O) groups is 1. The molecule has 0 aromatic heterocycles. The molecule has 0 aliphatic heterocycles. The maximum atomic E-state index is 13.3. The van der Waals surface area contributed by atoms with Crippen LogP contribution in [0.2, 0.25) is 0 Å². The van der Waals surface area contributed by atoms with E-state index in [0.717, 1.165) is 24.3 Å². The minimum atomic E-state index is -0.937. The van der Waals surface area contributed by atoms with Gasteiger partial charge in [0.25, 0.3) is 5.91 Å². The molecule has 0 unspecified atom stereocenters. The van der Waals surface area contributed by atoms with Crippen LogP contribution in [0.3, 0.4) is 0 Å². The van der Waals surface area contributed by atoms with Gasteiger partial charge in [-0.15, -0.1) is 0 Å². The molecule has 1 amide bonds. The second-order valence-electron chi connectivity index (χ2n) is 3.78. The molecule has 0 heterocycles. The van der Waals surface area contributed by atoms with Crippen molar-refractivity contribution < 1.29 is 23.8 Å². The van der Waals surface area contributed by atoms with Crippen molar-refractivity contribution in [2.75, 3.05) is 5.32 Å². The monoisotopic (exact) mass is 265 g/mol. The molecular formula is C13H9F2NO3. The molecule has 0 radical (unpaired) electrons. The van der Waals surface area contributed by atoms with Gasteiger partial charge < -0.3 is 15.5 Å². The van der Waals surface area contributed by atoms with Crippen LogP contribution < -0.4 is 5.32 Å². The van der Waals surface area contributed by atoms with Crippen molar-refractivity contribution in [3.8, 4) is 11.5 Å². The first-order valence-electron chi connectivity index (χ1n) is 5.26. The lowest BCUT2D eigenvalue weighted by Crippen LogP contribution is -2.13. The van der Waals surface area contributed by atoms with Crippen LogP contribution >= 0.6 is 0 Å². The van der Waals surface area contributed by atoms with E-state index in [1.54, 1.807) is 0 Å². The summed E-state index contributed by atoms with van der Waals surface area (Å²) in [5, 5.41) is 20.9. The Hall–Kier alpha value is -2.63. The second kappa shape index (κ2) is 4.93. The lowest BCUT2D eigenvalue weighted by atomic mass is 10.1. The second-order valence-corrected chi connectivity index (χ2v) is 3.78. The van der Waals surface area contributed by atoms with Gasteiger partial charge in [-0.05, 0) is 30.3 Å². The molecule has 0 aliphatic carbocycles. The molecular weight excluding hydrogens is 256 g/mol. The molecule has 2 rings (SSSR count). The van der Waals surface area contributed by atoms with Crippen molar-refractivity contribution in [2.45, 2.75) is 0 Å². The standard InChI is InChI=1S/C13H9F2NO3/c14-7-1-3-11(10(15)5-7)16-13(19)9-6-8(17)2-4-12(9)18/h1-6,17-18H,(H,16,19). The van der Waals surface area contributed by atoms with Gasteiger partial charge in [-0.1, -0.05) is 0 Å². The van der Waals surface area contributed by atoms with Gasteiger partial charge in [0, 0.05) is 6.07 Å². The summed E-state index contributed by atoms with van der Waals surface area (Å²) in [7, 11) is 0. The molecule has 19 heavy (non-hydrogen) atoms. The Kier molecular flexibility index (Phi) is 3.33. The van der Waals surface area contributed by atoms with Crippen molar-refractivity contribution >= 4 is 11.6 Å². The molecule has 2 aromatic carbocycles. The largest absolute Gasteiger partial charge is 0.508 e. The highest BCUT2D eigenvalue weighted by Crippen LogP contribution is 2.24. The van der Waals surface area contributed by atoms with Gasteiger partial charge in [0.1, 0.15) is 23.1 Å². The number of carbonyl (C=O) groups excluding carboxylic acids is 1. The minimum Gasteiger partial charge on any atom is -0.508 e. The summed E-state index contributed by atoms with van der Waals surface area (Å²) in [6, 6.07) is 6.03. The normalized spacial score (nSPS) is 10.2. The highest BCUT2D eigenvalue weighted by molar-refractivity contribution is 6.06. The molecule has 0 atom stereocenters. The minimum absolute atomic E-state index is 0.219. The van der Waals surface area contributed by atoms with Gasteiger partial charge in [0.05, 0.1) is 11.3 Å². The summed E-state index contributed by atoms with van der Waals surface area (Å²) in [5.74, 6) is -3.11. The zero-order valence-electron chi connectivity index (χ0n) is 9.52. The van der Waals surface area contributed by atoms with Gasteiger partial charge in [0.15, 0.2) is 0 Å². The predicted octanol–water partition coefficient (Wildman–Crippen LogP) is 2.63. The number of benzene rings is 2. The topological polar surface area (TPSA) is 69.6 Å². The van der Waals surface area contributed by atoms with Crippen molar-refractivity contribution in [1.29, 1.82) is 0 Å². The fraction of sp³-hybridized carbons (Fsp3) is 0. The van der Waals surface area contributed by atoms with Gasteiger partial charge in [0.2, 0.25) is 0 Å². The fourth-order valence-corrected chi connectivity index (χ4v) is 1.49. The predicted molar refractivity (Wildman–Crippen MR) is 64.1 cm³/mol. The average molecular weight is 265 g/mol. The van der Waals surface area contributed by atoms with Crippen LogP contribution in [0, 0.1) is 11.6 Å². The van der Waals surface area contributed by atoms with Gasteiger partial charge >= 0.3 is 0 Å². The highest BCUT2D eigenvalue weighted by atomic mass is 19.1. The molecule has 0 bridgehead atoms. The van der Waals surface area contributed by atoms with Crippen LogP contribution in [0.15, 0.2) is 36.4 Å². The summed E-state index contributed by atoms with van der Waals surface area (Å²) in [5.41, 5.74) is -0.446. The third kappa shape index (κ3) is 2.79. The van der Waals surface area contributed by atoms with Crippen LogP contribution in [-0.2, 0) is 0 Å². The van der Waals surface area contributed by atoms with E-state index in [1.165, 1.54) is 6.07 Å². The smallest absolute Gasteiger partial charge is 0.259 e. The Morgan fingerprint density at radius 2 is 1.79 bits per heavy atom. The van der Waals surface area contributed by atoms with E-state index < -0.39 is 17.5 Å². The molecule has 0 aliphatic rings. The molecule has 6 heteroatoms. The number of anilines is 1. The molecule has 98 valence electrons. The Labute approximate surface area is 106 Å². The Bertz CT molecular complexity index is 644. The third-order valence-corrected chi connectivity index (χ3v) is 2.40. The number of hydrogen-bond acceptors (Lipinski definition) is 3. The maximum Gasteiger partial charge on any atom is 0.259 e. The third-order valence-electron chi connectivity index (χ3n) is 2.40. The van der Waals surface area contributed by atoms with Crippen molar-refractivity contribution in [3.05, 3.63) is 53.6 Å². The molecule has 0 fully saturated rings. The first-order valence-corrected chi connectivity index (χ1v) is 5.26. The summed E-state index contributed by atoms with van der Waals surface area (Å²) in [6.45, 7) is 0. The first kappa shape index (κ1) is 12.8. The summed E-state index contributed by atoms with van der Waals surface area (Å²) in [4.78, 5) is 11.8. The van der Waals surface area contributed by atoms with Crippen LogP contribution in [0.5, 0.6) is 11.5 Å². The molecule has 4 nitrogen and oxygen atoms in total. The average Bonchev–Trinajstić information content (AvgIpc) is 2.35. The van der Waals surface area contributed by atoms with Gasteiger partial charge in [-0.3, -0.25) is 4.79 Å². The number of phenols is 2. The van der Waals surface area contributed by atoms with E-state index in [4.69, 9.17) is 0 Å². The molecule has 2 aromatic rings. The van der Waals surface area contributed by atoms with E-state index in [0.29, 0.717) is 6.07 Å². The maximum absolute atomic E-state index is 13.3. The number of hydrogen-bond donors (Lipinski definition) is 3. The highest BCUT2D eigenvalue weighted by Gasteiger charge is 2.14.